The number of methoxy groups -OCH3 is 1. The maximum Gasteiger partial charge on any atom is 0.118 e. The Morgan fingerprint density at radius 3 is 2.73 bits per heavy atom. The van der Waals surface area contributed by atoms with Gasteiger partial charge in [-0.15, -0.1) is 0 Å². The Morgan fingerprint density at radius 2 is 2.13 bits per heavy atom. The van der Waals surface area contributed by atoms with Crippen LogP contribution in [0.5, 0.6) is 5.75 Å². The van der Waals surface area contributed by atoms with E-state index >= 15 is 0 Å². The summed E-state index contributed by atoms with van der Waals surface area (Å²) in [6.07, 6.45) is 5.52. The minimum absolute atomic E-state index is 0.895. The fraction of sp³-hybridized carbons (Fsp3) is 0.182. The molecule has 0 bridgehead atoms. The Hall–Kier alpha value is -1.42. The van der Waals surface area contributed by atoms with Gasteiger partial charge in [-0.3, -0.25) is 3.97 Å². The molecule has 0 radical (unpaired) electrons. The summed E-state index contributed by atoms with van der Waals surface area (Å²) in [7, 11) is 1.68. The minimum Gasteiger partial charge on any atom is -0.497 e. The standard InChI is InChI=1S/C11H12N2OS/c1-14-11-4-2-10(3-5-11)8-15-13-7-6-12-9-13/h2-7,9H,8H2,1H3. The number of aromatic nitrogens is 2. The summed E-state index contributed by atoms with van der Waals surface area (Å²) in [5.41, 5.74) is 1.27. The fourth-order valence-corrected chi connectivity index (χ4v) is 1.95. The van der Waals surface area contributed by atoms with E-state index in [2.05, 4.69) is 17.1 Å². The summed E-state index contributed by atoms with van der Waals surface area (Å²) in [6.45, 7) is 0. The SMILES string of the molecule is COc1ccc(CSn2ccnc2)cc1. The lowest BCUT2D eigenvalue weighted by Crippen LogP contribution is -1.87. The van der Waals surface area contributed by atoms with Gasteiger partial charge in [-0.1, -0.05) is 12.1 Å². The molecule has 15 heavy (non-hydrogen) atoms. The molecule has 2 rings (SSSR count). The van der Waals surface area contributed by atoms with Gasteiger partial charge in [0, 0.05) is 18.1 Å². The zero-order valence-electron chi connectivity index (χ0n) is 8.46. The van der Waals surface area contributed by atoms with E-state index < -0.39 is 0 Å². The number of rotatable bonds is 4. The van der Waals surface area contributed by atoms with Crippen LogP contribution < -0.4 is 4.74 Å². The summed E-state index contributed by atoms with van der Waals surface area (Å²) < 4.78 is 7.09. The summed E-state index contributed by atoms with van der Waals surface area (Å²) >= 11 is 1.71. The van der Waals surface area contributed by atoms with E-state index in [1.807, 2.05) is 22.3 Å². The lowest BCUT2D eigenvalue weighted by atomic mass is 10.2. The van der Waals surface area contributed by atoms with Crippen molar-refractivity contribution >= 4 is 11.9 Å². The summed E-state index contributed by atoms with van der Waals surface area (Å²) in [6, 6.07) is 8.10. The molecule has 0 saturated heterocycles. The minimum atomic E-state index is 0.895. The van der Waals surface area contributed by atoms with Crippen LogP contribution in [0.1, 0.15) is 5.56 Å². The van der Waals surface area contributed by atoms with Crippen LogP contribution in [0.3, 0.4) is 0 Å². The number of benzene rings is 1. The highest BCUT2D eigenvalue weighted by Gasteiger charge is 1.96. The molecule has 0 aliphatic rings. The van der Waals surface area contributed by atoms with Gasteiger partial charge in [0.15, 0.2) is 0 Å². The van der Waals surface area contributed by atoms with E-state index in [4.69, 9.17) is 4.74 Å². The molecule has 0 unspecified atom stereocenters. The first-order valence-corrected chi connectivity index (χ1v) is 5.57. The van der Waals surface area contributed by atoms with E-state index in [0.29, 0.717) is 0 Å². The van der Waals surface area contributed by atoms with Crippen molar-refractivity contribution in [2.24, 2.45) is 0 Å². The lowest BCUT2D eigenvalue weighted by molar-refractivity contribution is 0.414. The van der Waals surface area contributed by atoms with Crippen molar-refractivity contribution in [2.75, 3.05) is 7.11 Å². The molecule has 1 aromatic heterocycles. The van der Waals surface area contributed by atoms with E-state index in [1.54, 1.807) is 31.6 Å². The van der Waals surface area contributed by atoms with Crippen LogP contribution in [-0.2, 0) is 5.75 Å². The second-order valence-electron chi connectivity index (χ2n) is 3.04. The molecule has 2 aromatic rings. The molecule has 0 aliphatic heterocycles. The molecule has 1 aromatic carbocycles. The molecule has 0 atom stereocenters. The normalized spacial score (nSPS) is 10.2. The van der Waals surface area contributed by atoms with Gasteiger partial charge in [-0.05, 0) is 29.6 Å². The average Bonchev–Trinajstić information content (AvgIpc) is 2.80. The molecule has 78 valence electrons. The first-order chi connectivity index (χ1) is 7.38. The van der Waals surface area contributed by atoms with Gasteiger partial charge < -0.3 is 4.74 Å². The molecule has 4 heteroatoms. The number of nitrogens with zero attached hydrogens (tertiary/aromatic N) is 2. The van der Waals surface area contributed by atoms with Crippen LogP contribution in [0.4, 0.5) is 0 Å². The number of hydrogen-bond donors (Lipinski definition) is 0. The first-order valence-electron chi connectivity index (χ1n) is 4.62. The van der Waals surface area contributed by atoms with Crippen molar-refractivity contribution in [2.45, 2.75) is 5.75 Å². The van der Waals surface area contributed by atoms with E-state index in [0.717, 1.165) is 11.5 Å². The fourth-order valence-electron chi connectivity index (χ4n) is 1.19. The van der Waals surface area contributed by atoms with Gasteiger partial charge in [0.1, 0.15) is 12.1 Å². The zero-order valence-corrected chi connectivity index (χ0v) is 9.28. The molecule has 0 spiro atoms. The van der Waals surface area contributed by atoms with E-state index in [-0.39, 0.29) is 0 Å². The molecule has 3 nitrogen and oxygen atoms in total. The molecular weight excluding hydrogens is 208 g/mol. The Balaban J connectivity index is 1.93. The Labute approximate surface area is 93.2 Å². The van der Waals surface area contributed by atoms with Crippen molar-refractivity contribution in [3.8, 4) is 5.75 Å². The molecular formula is C11H12N2OS. The predicted molar refractivity (Wildman–Crippen MR) is 61.9 cm³/mol. The molecule has 0 N–H and O–H groups in total. The zero-order chi connectivity index (χ0) is 10.5. The highest BCUT2D eigenvalue weighted by atomic mass is 32.2. The predicted octanol–water partition coefficient (Wildman–Crippen LogP) is 2.59. The second-order valence-corrected chi connectivity index (χ2v) is 4.01. The molecule has 0 aliphatic carbocycles. The summed E-state index contributed by atoms with van der Waals surface area (Å²) in [4.78, 5) is 3.98. The monoisotopic (exact) mass is 220 g/mol. The van der Waals surface area contributed by atoms with Gasteiger partial charge >= 0.3 is 0 Å². The maximum absolute atomic E-state index is 5.10. The quantitative estimate of drug-likeness (QED) is 0.792. The van der Waals surface area contributed by atoms with Gasteiger partial charge in [0.2, 0.25) is 0 Å². The highest BCUT2D eigenvalue weighted by Crippen LogP contribution is 2.17. The molecule has 1 heterocycles. The van der Waals surface area contributed by atoms with Crippen LogP contribution in [0.2, 0.25) is 0 Å². The molecule has 0 saturated carbocycles. The Kier molecular flexibility index (Phi) is 3.29. The number of imidazole rings is 1. The number of hydrogen-bond acceptors (Lipinski definition) is 3. The van der Waals surface area contributed by atoms with Crippen molar-refractivity contribution in [1.82, 2.24) is 8.96 Å². The largest absolute Gasteiger partial charge is 0.497 e. The van der Waals surface area contributed by atoms with Crippen LogP contribution in [0, 0.1) is 0 Å². The van der Waals surface area contributed by atoms with Crippen molar-refractivity contribution < 1.29 is 4.74 Å². The third kappa shape index (κ3) is 2.76. The van der Waals surface area contributed by atoms with Crippen LogP contribution in [0.25, 0.3) is 0 Å². The van der Waals surface area contributed by atoms with Crippen LogP contribution in [-0.4, -0.2) is 16.1 Å². The van der Waals surface area contributed by atoms with Gasteiger partial charge in [0.05, 0.1) is 7.11 Å². The third-order valence-corrected chi connectivity index (χ3v) is 3.00. The van der Waals surface area contributed by atoms with Crippen LogP contribution in [0.15, 0.2) is 43.0 Å². The van der Waals surface area contributed by atoms with Gasteiger partial charge in [0.25, 0.3) is 0 Å². The van der Waals surface area contributed by atoms with Crippen molar-refractivity contribution in [3.05, 3.63) is 48.5 Å². The second kappa shape index (κ2) is 4.89. The topological polar surface area (TPSA) is 27.1 Å². The average molecular weight is 220 g/mol. The lowest BCUT2D eigenvalue weighted by Gasteiger charge is -2.03. The summed E-state index contributed by atoms with van der Waals surface area (Å²) in [5, 5.41) is 0. The molecule has 0 amide bonds. The van der Waals surface area contributed by atoms with Gasteiger partial charge in [-0.25, -0.2) is 4.98 Å². The summed E-state index contributed by atoms with van der Waals surface area (Å²) in [5.74, 6) is 1.83. The van der Waals surface area contributed by atoms with E-state index in [9.17, 15) is 0 Å². The van der Waals surface area contributed by atoms with Crippen LogP contribution >= 0.6 is 11.9 Å². The smallest absolute Gasteiger partial charge is 0.118 e. The number of ether oxygens (including phenoxy) is 1. The third-order valence-electron chi connectivity index (χ3n) is 2.02. The molecule has 0 fully saturated rings. The van der Waals surface area contributed by atoms with Gasteiger partial charge in [-0.2, -0.15) is 0 Å². The van der Waals surface area contributed by atoms with E-state index in [1.165, 1.54) is 5.56 Å². The van der Waals surface area contributed by atoms with Crippen molar-refractivity contribution in [1.29, 1.82) is 0 Å². The Bertz CT molecular complexity index is 397. The Morgan fingerprint density at radius 1 is 1.33 bits per heavy atom. The first kappa shape index (κ1) is 10.1. The maximum atomic E-state index is 5.10. The van der Waals surface area contributed by atoms with Crippen molar-refractivity contribution in [3.63, 3.8) is 0 Å². The highest BCUT2D eigenvalue weighted by molar-refractivity contribution is 7.97.